The number of rotatable bonds is 1. The molecule has 0 spiro atoms. The zero-order valence-corrected chi connectivity index (χ0v) is 6.65. The van der Waals surface area contributed by atoms with Crippen LogP contribution in [0.4, 0.5) is 4.39 Å². The van der Waals surface area contributed by atoms with Gasteiger partial charge in [0.25, 0.3) is 0 Å². The van der Waals surface area contributed by atoms with E-state index < -0.39 is 5.82 Å². The fourth-order valence-electron chi connectivity index (χ4n) is 0.701. The Labute approximate surface area is 70.5 Å². The Bertz CT molecular complexity index is 277. The second-order valence-corrected chi connectivity index (χ2v) is 2.42. The van der Waals surface area contributed by atoms with Crippen molar-refractivity contribution in [3.63, 3.8) is 0 Å². The lowest BCUT2D eigenvalue weighted by molar-refractivity contribution is 0.387. The maximum Gasteiger partial charge on any atom is 0.166 e. The predicted molar refractivity (Wildman–Crippen MR) is 43.4 cm³/mol. The van der Waals surface area contributed by atoms with E-state index in [9.17, 15) is 4.39 Å². The van der Waals surface area contributed by atoms with Crippen LogP contribution in [0, 0.1) is 5.82 Å². The lowest BCUT2D eigenvalue weighted by Gasteiger charge is -2.03. The Morgan fingerprint density at radius 1 is 1.55 bits per heavy atom. The number of hydrogen-bond acceptors (Lipinski definition) is 1. The molecule has 56 valence electrons. The molecule has 0 saturated heterocycles. The molecular weight excluding hydrogens is 165 g/mol. The van der Waals surface area contributed by atoms with Crippen LogP contribution in [0.25, 0.3) is 0 Å². The quantitative estimate of drug-likeness (QED) is 0.577. The van der Waals surface area contributed by atoms with Crippen LogP contribution in [0.2, 0.25) is 5.02 Å². The minimum absolute atomic E-state index is 0.104. The van der Waals surface area contributed by atoms with Gasteiger partial charge in [-0.25, -0.2) is 4.39 Å². The van der Waals surface area contributed by atoms with Gasteiger partial charge in [-0.3, -0.25) is 0 Å². The summed E-state index contributed by atoms with van der Waals surface area (Å²) in [4.78, 5) is 0. The highest BCUT2D eigenvalue weighted by molar-refractivity contribution is 6.45. The Kier molecular flexibility index (Phi) is 2.40. The zero-order valence-electron chi connectivity index (χ0n) is 5.90. The topological polar surface area (TPSA) is 9.23 Å². The van der Waals surface area contributed by atoms with Gasteiger partial charge in [0.1, 0.15) is 7.85 Å². The van der Waals surface area contributed by atoms with E-state index in [4.69, 9.17) is 19.4 Å². The zero-order chi connectivity index (χ0) is 8.43. The summed E-state index contributed by atoms with van der Waals surface area (Å²) in [6.07, 6.45) is 0. The molecular formula is C7H5BClFO. The highest BCUT2D eigenvalue weighted by Crippen LogP contribution is 2.17. The minimum Gasteiger partial charge on any atom is -0.494 e. The molecule has 1 aromatic rings. The SMILES string of the molecule is [B]c1cc(OC)c(F)cc1Cl. The number of halogens is 2. The standard InChI is InChI=1S/C7H5BClFO/c1-11-7-2-4(8)5(9)3-6(7)10/h2-3H,1H3. The van der Waals surface area contributed by atoms with Gasteiger partial charge in [0.2, 0.25) is 0 Å². The Morgan fingerprint density at radius 2 is 2.18 bits per heavy atom. The van der Waals surface area contributed by atoms with Crippen molar-refractivity contribution in [3.8, 4) is 5.75 Å². The smallest absolute Gasteiger partial charge is 0.166 e. The van der Waals surface area contributed by atoms with E-state index in [1.54, 1.807) is 0 Å². The van der Waals surface area contributed by atoms with Crippen molar-refractivity contribution in [1.29, 1.82) is 0 Å². The van der Waals surface area contributed by atoms with E-state index in [-0.39, 0.29) is 10.8 Å². The van der Waals surface area contributed by atoms with E-state index >= 15 is 0 Å². The number of ether oxygens (including phenoxy) is 1. The first-order valence-corrected chi connectivity index (χ1v) is 3.31. The largest absolute Gasteiger partial charge is 0.494 e. The predicted octanol–water partition coefficient (Wildman–Crippen LogP) is 1.28. The molecule has 0 aliphatic carbocycles. The van der Waals surface area contributed by atoms with Gasteiger partial charge in [0, 0.05) is 5.02 Å². The molecule has 0 bridgehead atoms. The molecule has 0 aliphatic rings. The molecule has 0 amide bonds. The third kappa shape index (κ3) is 1.66. The summed E-state index contributed by atoms with van der Waals surface area (Å²) in [5.74, 6) is -0.404. The number of methoxy groups -OCH3 is 1. The van der Waals surface area contributed by atoms with E-state index in [2.05, 4.69) is 4.74 Å². The summed E-state index contributed by atoms with van der Waals surface area (Å²) in [6.45, 7) is 0. The summed E-state index contributed by atoms with van der Waals surface area (Å²) in [6, 6.07) is 2.47. The van der Waals surface area contributed by atoms with Crippen LogP contribution in [0.3, 0.4) is 0 Å². The van der Waals surface area contributed by atoms with E-state index in [0.29, 0.717) is 5.46 Å². The second-order valence-electron chi connectivity index (χ2n) is 2.01. The van der Waals surface area contributed by atoms with Crippen molar-refractivity contribution < 1.29 is 9.13 Å². The van der Waals surface area contributed by atoms with Gasteiger partial charge in [-0.15, -0.1) is 0 Å². The molecule has 0 fully saturated rings. The molecule has 0 saturated carbocycles. The van der Waals surface area contributed by atoms with Crippen LogP contribution in [0.5, 0.6) is 5.75 Å². The third-order valence-electron chi connectivity index (χ3n) is 1.27. The molecule has 4 heteroatoms. The first-order valence-electron chi connectivity index (χ1n) is 2.93. The fourth-order valence-corrected chi connectivity index (χ4v) is 0.852. The van der Waals surface area contributed by atoms with Crippen LogP contribution in [0.15, 0.2) is 12.1 Å². The number of benzene rings is 1. The van der Waals surface area contributed by atoms with Crippen molar-refractivity contribution in [1.82, 2.24) is 0 Å². The molecule has 0 heterocycles. The lowest BCUT2D eigenvalue weighted by atomic mass is 9.96. The molecule has 0 aromatic heterocycles. The van der Waals surface area contributed by atoms with Crippen LogP contribution < -0.4 is 10.2 Å². The van der Waals surface area contributed by atoms with Crippen molar-refractivity contribution in [2.75, 3.05) is 7.11 Å². The Hall–Kier alpha value is -0.695. The van der Waals surface area contributed by atoms with Crippen LogP contribution in [-0.2, 0) is 0 Å². The van der Waals surface area contributed by atoms with Gasteiger partial charge in [0.15, 0.2) is 11.6 Å². The third-order valence-corrected chi connectivity index (χ3v) is 1.60. The summed E-state index contributed by atoms with van der Waals surface area (Å²) < 4.78 is 17.4. The Morgan fingerprint density at radius 3 is 2.73 bits per heavy atom. The van der Waals surface area contributed by atoms with Crippen molar-refractivity contribution in [2.45, 2.75) is 0 Å². The highest BCUT2D eigenvalue weighted by atomic mass is 35.5. The molecule has 1 aromatic carbocycles. The second kappa shape index (κ2) is 3.14. The van der Waals surface area contributed by atoms with Gasteiger partial charge < -0.3 is 4.74 Å². The average molecular weight is 170 g/mol. The van der Waals surface area contributed by atoms with Gasteiger partial charge in [0.05, 0.1) is 7.11 Å². The van der Waals surface area contributed by atoms with Crippen molar-refractivity contribution in [3.05, 3.63) is 23.0 Å². The molecule has 0 unspecified atom stereocenters. The van der Waals surface area contributed by atoms with E-state index in [1.807, 2.05) is 0 Å². The number of hydrogen-bond donors (Lipinski definition) is 0. The lowest BCUT2D eigenvalue weighted by Crippen LogP contribution is -2.05. The van der Waals surface area contributed by atoms with E-state index in [1.165, 1.54) is 13.2 Å². The average Bonchev–Trinajstić information content (AvgIpc) is 1.97. The summed E-state index contributed by atoms with van der Waals surface area (Å²) in [5.41, 5.74) is 0.310. The molecule has 0 N–H and O–H groups in total. The molecule has 0 atom stereocenters. The monoisotopic (exact) mass is 170 g/mol. The summed E-state index contributed by atoms with van der Waals surface area (Å²) >= 11 is 5.52. The summed E-state index contributed by atoms with van der Waals surface area (Å²) in [7, 11) is 6.75. The normalized spacial score (nSPS) is 9.73. The molecule has 0 aliphatic heterocycles. The first kappa shape index (κ1) is 8.40. The fraction of sp³-hybridized carbons (Fsp3) is 0.143. The molecule has 1 rings (SSSR count). The van der Waals surface area contributed by atoms with E-state index in [0.717, 1.165) is 6.07 Å². The van der Waals surface area contributed by atoms with Crippen molar-refractivity contribution >= 4 is 24.9 Å². The Balaban J connectivity index is 3.21. The first-order chi connectivity index (χ1) is 5.15. The highest BCUT2D eigenvalue weighted by Gasteiger charge is 2.04. The van der Waals surface area contributed by atoms with Crippen LogP contribution >= 0.6 is 11.6 Å². The maximum atomic E-state index is 12.8. The minimum atomic E-state index is -0.508. The maximum absolute atomic E-state index is 12.8. The van der Waals surface area contributed by atoms with Crippen molar-refractivity contribution in [2.24, 2.45) is 0 Å². The van der Waals surface area contributed by atoms with Gasteiger partial charge in [-0.05, 0) is 12.1 Å². The van der Waals surface area contributed by atoms with Crippen LogP contribution in [0.1, 0.15) is 0 Å². The molecule has 1 nitrogen and oxygen atoms in total. The van der Waals surface area contributed by atoms with Gasteiger partial charge in [-0.2, -0.15) is 0 Å². The van der Waals surface area contributed by atoms with Gasteiger partial charge >= 0.3 is 0 Å². The molecule has 2 radical (unpaired) electrons. The summed E-state index contributed by atoms with van der Waals surface area (Å²) in [5, 5.41) is 0.198. The van der Waals surface area contributed by atoms with Crippen LogP contribution in [-0.4, -0.2) is 15.0 Å². The molecule has 11 heavy (non-hydrogen) atoms. The van der Waals surface area contributed by atoms with Gasteiger partial charge in [-0.1, -0.05) is 17.1 Å².